The molecular formula is C17H26Cl2N4O. The SMILES string of the molecule is Cc1ccc2nc(CNC(=O)CCC3CCNCC3)cn2c1.Cl.Cl. The number of aryl methyl sites for hydroxylation is 1. The zero-order valence-corrected chi connectivity index (χ0v) is 15.6. The van der Waals surface area contributed by atoms with Crippen molar-refractivity contribution in [3.05, 3.63) is 35.8 Å². The number of aromatic nitrogens is 2. The van der Waals surface area contributed by atoms with Crippen molar-refractivity contribution >= 4 is 36.4 Å². The van der Waals surface area contributed by atoms with Crippen molar-refractivity contribution in [1.29, 1.82) is 0 Å². The van der Waals surface area contributed by atoms with E-state index in [4.69, 9.17) is 0 Å². The summed E-state index contributed by atoms with van der Waals surface area (Å²) < 4.78 is 2.01. The third-order valence-corrected chi connectivity index (χ3v) is 4.35. The second-order valence-electron chi connectivity index (χ2n) is 6.21. The van der Waals surface area contributed by atoms with Crippen LogP contribution in [-0.4, -0.2) is 28.4 Å². The molecule has 0 unspecified atom stereocenters. The largest absolute Gasteiger partial charge is 0.350 e. The molecule has 3 heterocycles. The lowest BCUT2D eigenvalue weighted by molar-refractivity contribution is -0.121. The Balaban J connectivity index is 0.00000144. The molecule has 0 aliphatic carbocycles. The van der Waals surface area contributed by atoms with E-state index in [0.717, 1.165) is 30.9 Å². The molecule has 1 aliphatic heterocycles. The third kappa shape index (κ3) is 5.65. The fourth-order valence-corrected chi connectivity index (χ4v) is 3.02. The summed E-state index contributed by atoms with van der Waals surface area (Å²) in [6, 6.07) is 4.04. The molecule has 7 heteroatoms. The Morgan fingerprint density at radius 1 is 1.29 bits per heavy atom. The summed E-state index contributed by atoms with van der Waals surface area (Å²) in [5.41, 5.74) is 3.02. The minimum atomic E-state index is 0. The van der Waals surface area contributed by atoms with E-state index in [0.29, 0.717) is 18.9 Å². The van der Waals surface area contributed by atoms with Crippen LogP contribution in [0.1, 0.15) is 36.9 Å². The Kier molecular flexibility index (Phi) is 8.53. The Bertz CT molecular complexity index is 653. The molecule has 1 aliphatic rings. The van der Waals surface area contributed by atoms with Gasteiger partial charge in [-0.2, -0.15) is 0 Å². The van der Waals surface area contributed by atoms with Gasteiger partial charge < -0.3 is 15.0 Å². The van der Waals surface area contributed by atoms with Crippen molar-refractivity contribution < 1.29 is 4.79 Å². The van der Waals surface area contributed by atoms with Gasteiger partial charge in [0.2, 0.25) is 5.91 Å². The van der Waals surface area contributed by atoms with E-state index in [1.807, 2.05) is 28.9 Å². The van der Waals surface area contributed by atoms with Gasteiger partial charge in [0, 0.05) is 18.8 Å². The average molecular weight is 373 g/mol. The van der Waals surface area contributed by atoms with Crippen molar-refractivity contribution in [3.8, 4) is 0 Å². The first-order chi connectivity index (χ1) is 10.7. The first-order valence-corrected chi connectivity index (χ1v) is 8.12. The number of carbonyl (C=O) groups excluding carboxylic acids is 1. The second-order valence-corrected chi connectivity index (χ2v) is 6.21. The first-order valence-electron chi connectivity index (χ1n) is 8.12. The van der Waals surface area contributed by atoms with Crippen LogP contribution < -0.4 is 10.6 Å². The van der Waals surface area contributed by atoms with Gasteiger partial charge >= 0.3 is 0 Å². The van der Waals surface area contributed by atoms with Crippen molar-refractivity contribution in [3.63, 3.8) is 0 Å². The van der Waals surface area contributed by atoms with Crippen molar-refractivity contribution in [1.82, 2.24) is 20.0 Å². The summed E-state index contributed by atoms with van der Waals surface area (Å²) in [5, 5.41) is 6.34. The van der Waals surface area contributed by atoms with Crippen LogP contribution in [0.3, 0.4) is 0 Å². The van der Waals surface area contributed by atoms with Gasteiger partial charge in [0.05, 0.1) is 12.2 Å². The number of rotatable bonds is 5. The Morgan fingerprint density at radius 3 is 2.79 bits per heavy atom. The maximum Gasteiger partial charge on any atom is 0.220 e. The lowest BCUT2D eigenvalue weighted by Gasteiger charge is -2.22. The van der Waals surface area contributed by atoms with Crippen LogP contribution in [0, 0.1) is 12.8 Å². The summed E-state index contributed by atoms with van der Waals surface area (Å²) in [6.45, 7) is 4.74. The molecule has 0 spiro atoms. The predicted octanol–water partition coefficient (Wildman–Crippen LogP) is 2.88. The number of carbonyl (C=O) groups is 1. The molecule has 2 aromatic rings. The standard InChI is InChI=1S/C17H24N4O.2ClH/c1-13-2-4-16-20-15(12-21(16)11-13)10-19-17(22)5-3-14-6-8-18-9-7-14;;/h2,4,11-12,14,18H,3,5-10H2,1H3,(H,19,22);2*1H. The molecule has 0 saturated carbocycles. The highest BCUT2D eigenvalue weighted by Gasteiger charge is 2.14. The number of hydrogen-bond donors (Lipinski definition) is 2. The molecule has 1 fully saturated rings. The highest BCUT2D eigenvalue weighted by Crippen LogP contribution is 2.17. The van der Waals surface area contributed by atoms with Gasteiger partial charge in [0.1, 0.15) is 5.65 Å². The van der Waals surface area contributed by atoms with Crippen molar-refractivity contribution in [2.75, 3.05) is 13.1 Å². The van der Waals surface area contributed by atoms with E-state index >= 15 is 0 Å². The molecule has 134 valence electrons. The number of nitrogens with zero attached hydrogens (tertiary/aromatic N) is 2. The second kappa shape index (κ2) is 9.87. The van der Waals surface area contributed by atoms with Gasteiger partial charge in [-0.3, -0.25) is 4.79 Å². The minimum Gasteiger partial charge on any atom is -0.350 e. The van der Waals surface area contributed by atoms with Crippen LogP contribution >= 0.6 is 24.8 Å². The molecule has 0 atom stereocenters. The summed E-state index contributed by atoms with van der Waals surface area (Å²) >= 11 is 0. The summed E-state index contributed by atoms with van der Waals surface area (Å²) in [5.74, 6) is 0.830. The van der Waals surface area contributed by atoms with E-state index in [-0.39, 0.29) is 30.7 Å². The van der Waals surface area contributed by atoms with E-state index in [2.05, 4.69) is 22.5 Å². The lowest BCUT2D eigenvalue weighted by Crippen LogP contribution is -2.29. The minimum absolute atomic E-state index is 0. The normalized spacial score (nSPS) is 14.7. The topological polar surface area (TPSA) is 58.4 Å². The Hall–Kier alpha value is -1.30. The van der Waals surface area contributed by atoms with Crippen LogP contribution in [-0.2, 0) is 11.3 Å². The molecule has 2 N–H and O–H groups in total. The molecule has 0 radical (unpaired) electrons. The fourth-order valence-electron chi connectivity index (χ4n) is 3.02. The highest BCUT2D eigenvalue weighted by atomic mass is 35.5. The molecule has 0 bridgehead atoms. The van der Waals surface area contributed by atoms with Gasteiger partial charge in [0.25, 0.3) is 0 Å². The van der Waals surface area contributed by atoms with Crippen LogP contribution in [0.25, 0.3) is 5.65 Å². The van der Waals surface area contributed by atoms with Crippen LogP contribution in [0.4, 0.5) is 0 Å². The lowest BCUT2D eigenvalue weighted by atomic mass is 9.93. The molecule has 5 nitrogen and oxygen atoms in total. The van der Waals surface area contributed by atoms with E-state index in [1.165, 1.54) is 18.4 Å². The van der Waals surface area contributed by atoms with Crippen molar-refractivity contribution in [2.45, 2.75) is 39.2 Å². The number of amides is 1. The van der Waals surface area contributed by atoms with Gasteiger partial charge in [-0.15, -0.1) is 24.8 Å². The number of imidazole rings is 1. The summed E-state index contributed by atoms with van der Waals surface area (Å²) in [7, 11) is 0. The van der Waals surface area contributed by atoms with Gasteiger partial charge in [-0.05, 0) is 56.8 Å². The number of halogens is 2. The first kappa shape index (κ1) is 20.7. The monoisotopic (exact) mass is 372 g/mol. The van der Waals surface area contributed by atoms with E-state index in [1.54, 1.807) is 0 Å². The molecule has 2 aromatic heterocycles. The predicted molar refractivity (Wildman–Crippen MR) is 101 cm³/mol. The molecule has 1 saturated heterocycles. The van der Waals surface area contributed by atoms with Crippen LogP contribution in [0.5, 0.6) is 0 Å². The maximum absolute atomic E-state index is 12.0. The summed E-state index contributed by atoms with van der Waals surface area (Å²) in [4.78, 5) is 16.5. The molecule has 24 heavy (non-hydrogen) atoms. The number of fused-ring (bicyclic) bond motifs is 1. The number of pyridine rings is 1. The zero-order valence-electron chi connectivity index (χ0n) is 14.0. The molecule has 0 aromatic carbocycles. The molecule has 1 amide bonds. The van der Waals surface area contributed by atoms with Crippen LogP contribution in [0.15, 0.2) is 24.5 Å². The highest BCUT2D eigenvalue weighted by molar-refractivity contribution is 5.85. The fraction of sp³-hybridized carbons (Fsp3) is 0.529. The smallest absolute Gasteiger partial charge is 0.220 e. The van der Waals surface area contributed by atoms with Gasteiger partial charge in [-0.1, -0.05) is 6.07 Å². The van der Waals surface area contributed by atoms with Crippen molar-refractivity contribution in [2.24, 2.45) is 5.92 Å². The number of nitrogens with one attached hydrogen (secondary N) is 2. The zero-order chi connectivity index (χ0) is 15.4. The van der Waals surface area contributed by atoms with Crippen LogP contribution in [0.2, 0.25) is 0 Å². The van der Waals surface area contributed by atoms with E-state index in [9.17, 15) is 4.79 Å². The molecule has 3 rings (SSSR count). The van der Waals surface area contributed by atoms with E-state index < -0.39 is 0 Å². The third-order valence-electron chi connectivity index (χ3n) is 4.35. The quantitative estimate of drug-likeness (QED) is 0.848. The Morgan fingerprint density at radius 2 is 2.04 bits per heavy atom. The van der Waals surface area contributed by atoms with Gasteiger partial charge in [-0.25, -0.2) is 4.98 Å². The van der Waals surface area contributed by atoms with Gasteiger partial charge in [0.15, 0.2) is 0 Å². The molecular weight excluding hydrogens is 347 g/mol. The number of piperidine rings is 1. The average Bonchev–Trinajstić information content (AvgIpc) is 2.94. The summed E-state index contributed by atoms with van der Waals surface area (Å²) in [6.07, 6.45) is 8.04. The maximum atomic E-state index is 12.0. The Labute approximate surface area is 155 Å². The number of hydrogen-bond acceptors (Lipinski definition) is 3.